The molecular weight excluding hydrogens is 247 g/mol. The van der Waals surface area contributed by atoms with Crippen LogP contribution >= 0.6 is 11.8 Å². The Kier molecular flexibility index (Phi) is 5.33. The normalized spacial score (nSPS) is 13.7. The van der Waals surface area contributed by atoms with Gasteiger partial charge in [-0.05, 0) is 19.1 Å². The van der Waals surface area contributed by atoms with Crippen LogP contribution in [0.4, 0.5) is 13.2 Å². The van der Waals surface area contributed by atoms with Crippen LogP contribution < -0.4 is 5.32 Å². The molecule has 1 atom stereocenters. The molecule has 0 saturated carbocycles. The van der Waals surface area contributed by atoms with Crippen molar-refractivity contribution in [3.63, 3.8) is 0 Å². The molecule has 1 rings (SSSR count). The van der Waals surface area contributed by atoms with Crippen LogP contribution in [-0.4, -0.2) is 24.5 Å². The summed E-state index contributed by atoms with van der Waals surface area (Å²) in [6, 6.07) is 7.95. The van der Waals surface area contributed by atoms with Crippen molar-refractivity contribution in [2.45, 2.75) is 30.2 Å². The monoisotopic (exact) mass is 263 g/mol. The fourth-order valence-electron chi connectivity index (χ4n) is 1.38. The van der Waals surface area contributed by atoms with Crippen LogP contribution in [0.15, 0.2) is 29.2 Å². The number of benzene rings is 1. The number of nitrogens with one attached hydrogen (secondary N) is 1. The summed E-state index contributed by atoms with van der Waals surface area (Å²) < 4.78 is 35.7. The van der Waals surface area contributed by atoms with E-state index in [0.29, 0.717) is 6.54 Å². The third-order valence-corrected chi connectivity index (χ3v) is 3.18. The lowest BCUT2D eigenvalue weighted by atomic mass is 10.2. The smallest absolute Gasteiger partial charge is 0.308 e. The zero-order valence-electron chi connectivity index (χ0n) is 9.84. The Hall–Kier alpha value is -0.680. The molecule has 0 heterocycles. The lowest BCUT2D eigenvalue weighted by Gasteiger charge is -2.13. The van der Waals surface area contributed by atoms with Crippen molar-refractivity contribution in [1.82, 2.24) is 5.32 Å². The fraction of sp³-hybridized carbons (Fsp3) is 0.500. The van der Waals surface area contributed by atoms with Gasteiger partial charge in [-0.25, -0.2) is 0 Å². The second kappa shape index (κ2) is 6.31. The van der Waals surface area contributed by atoms with Gasteiger partial charge >= 0.3 is 6.18 Å². The van der Waals surface area contributed by atoms with Crippen LogP contribution in [0.3, 0.4) is 0 Å². The molecule has 0 aromatic heterocycles. The summed E-state index contributed by atoms with van der Waals surface area (Å²) in [5.41, 5.74) is 1.16. The highest BCUT2D eigenvalue weighted by Crippen LogP contribution is 2.23. The lowest BCUT2D eigenvalue weighted by molar-refractivity contribution is -0.124. The first kappa shape index (κ1) is 14.4. The average molecular weight is 263 g/mol. The molecule has 5 heteroatoms. The second-order valence-electron chi connectivity index (χ2n) is 3.99. The van der Waals surface area contributed by atoms with Gasteiger partial charge in [0.05, 0.1) is 6.54 Å². The molecule has 0 aliphatic rings. The van der Waals surface area contributed by atoms with E-state index in [-0.39, 0.29) is 5.25 Å². The highest BCUT2D eigenvalue weighted by molar-refractivity contribution is 8.00. The number of hydrogen-bond acceptors (Lipinski definition) is 2. The van der Waals surface area contributed by atoms with Gasteiger partial charge in [-0.15, -0.1) is 11.8 Å². The quantitative estimate of drug-likeness (QED) is 0.814. The van der Waals surface area contributed by atoms with Gasteiger partial charge in [0.1, 0.15) is 0 Å². The van der Waals surface area contributed by atoms with Crippen molar-refractivity contribution in [2.75, 3.05) is 13.1 Å². The Labute approximate surface area is 104 Å². The summed E-state index contributed by atoms with van der Waals surface area (Å²) in [5, 5.41) is 2.52. The molecule has 1 aromatic carbocycles. The molecule has 1 N–H and O–H groups in total. The van der Waals surface area contributed by atoms with E-state index in [1.54, 1.807) is 11.8 Å². The van der Waals surface area contributed by atoms with E-state index in [2.05, 4.69) is 5.32 Å². The predicted molar refractivity (Wildman–Crippen MR) is 65.4 cm³/mol. The number of hydrogen-bond donors (Lipinski definition) is 1. The van der Waals surface area contributed by atoms with E-state index < -0.39 is 12.7 Å². The van der Waals surface area contributed by atoms with Crippen molar-refractivity contribution < 1.29 is 13.2 Å². The zero-order chi connectivity index (χ0) is 12.9. The average Bonchev–Trinajstić information content (AvgIpc) is 2.15. The van der Waals surface area contributed by atoms with Gasteiger partial charge in [0, 0.05) is 16.7 Å². The molecule has 1 unspecified atom stereocenters. The predicted octanol–water partition coefficient (Wildman–Crippen LogP) is 3.63. The maximum Gasteiger partial charge on any atom is 0.401 e. The van der Waals surface area contributed by atoms with Crippen molar-refractivity contribution in [3.8, 4) is 0 Å². The second-order valence-corrected chi connectivity index (χ2v) is 5.50. The van der Waals surface area contributed by atoms with Crippen LogP contribution in [0.5, 0.6) is 0 Å². The van der Waals surface area contributed by atoms with Crippen molar-refractivity contribution in [1.29, 1.82) is 0 Å². The first-order chi connectivity index (χ1) is 7.87. The van der Waals surface area contributed by atoms with E-state index >= 15 is 0 Å². The van der Waals surface area contributed by atoms with Crippen molar-refractivity contribution in [2.24, 2.45) is 0 Å². The third-order valence-electron chi connectivity index (χ3n) is 2.08. The minimum absolute atomic E-state index is 0.110. The summed E-state index contributed by atoms with van der Waals surface area (Å²) in [6.45, 7) is 3.33. The number of rotatable bonds is 5. The fourth-order valence-corrected chi connectivity index (χ4v) is 2.46. The molecule has 17 heavy (non-hydrogen) atoms. The highest BCUT2D eigenvalue weighted by atomic mass is 32.2. The topological polar surface area (TPSA) is 12.0 Å². The molecule has 96 valence electrons. The molecule has 0 aliphatic carbocycles. The Morgan fingerprint density at radius 3 is 2.65 bits per heavy atom. The number of aryl methyl sites for hydroxylation is 1. The van der Waals surface area contributed by atoms with E-state index in [1.165, 1.54) is 0 Å². The van der Waals surface area contributed by atoms with Crippen LogP contribution in [0.25, 0.3) is 0 Å². The minimum atomic E-state index is -4.13. The van der Waals surface area contributed by atoms with Crippen LogP contribution in [0.2, 0.25) is 0 Å². The SMILES string of the molecule is Cc1cccc(SC(C)CNCC(F)(F)F)c1. The summed E-state index contributed by atoms with van der Waals surface area (Å²) in [7, 11) is 0. The van der Waals surface area contributed by atoms with Crippen molar-refractivity contribution in [3.05, 3.63) is 29.8 Å². The number of alkyl halides is 3. The molecule has 1 aromatic rings. The maximum absolute atomic E-state index is 11.9. The minimum Gasteiger partial charge on any atom is -0.308 e. The van der Waals surface area contributed by atoms with Crippen molar-refractivity contribution >= 4 is 11.8 Å². The van der Waals surface area contributed by atoms with Crippen LogP contribution in [0.1, 0.15) is 12.5 Å². The lowest BCUT2D eigenvalue weighted by Crippen LogP contribution is -2.32. The summed E-state index contributed by atoms with van der Waals surface area (Å²) >= 11 is 1.58. The highest BCUT2D eigenvalue weighted by Gasteiger charge is 2.26. The van der Waals surface area contributed by atoms with Gasteiger partial charge in [-0.1, -0.05) is 24.6 Å². The summed E-state index contributed by atoms with van der Waals surface area (Å²) in [6.07, 6.45) is -4.13. The van der Waals surface area contributed by atoms with E-state index in [0.717, 1.165) is 10.5 Å². The third kappa shape index (κ3) is 6.58. The Morgan fingerprint density at radius 1 is 1.35 bits per heavy atom. The number of thioether (sulfide) groups is 1. The molecule has 0 spiro atoms. The molecule has 0 saturated heterocycles. The molecular formula is C12H16F3NS. The Balaban J connectivity index is 2.32. The van der Waals surface area contributed by atoms with Gasteiger partial charge in [0.2, 0.25) is 0 Å². The van der Waals surface area contributed by atoms with Gasteiger partial charge in [0.15, 0.2) is 0 Å². The van der Waals surface area contributed by atoms with Gasteiger partial charge in [-0.2, -0.15) is 13.2 Å². The van der Waals surface area contributed by atoms with Crippen LogP contribution in [0, 0.1) is 6.92 Å². The van der Waals surface area contributed by atoms with Gasteiger partial charge in [0.25, 0.3) is 0 Å². The summed E-state index contributed by atoms with van der Waals surface area (Å²) in [4.78, 5) is 1.09. The van der Waals surface area contributed by atoms with E-state index in [9.17, 15) is 13.2 Å². The zero-order valence-corrected chi connectivity index (χ0v) is 10.7. The van der Waals surface area contributed by atoms with Gasteiger partial charge < -0.3 is 5.32 Å². The molecule has 0 radical (unpaired) electrons. The maximum atomic E-state index is 11.9. The summed E-state index contributed by atoms with van der Waals surface area (Å²) in [5.74, 6) is 0. The van der Waals surface area contributed by atoms with E-state index in [4.69, 9.17) is 0 Å². The molecule has 0 bridgehead atoms. The molecule has 0 fully saturated rings. The Morgan fingerprint density at radius 2 is 2.06 bits per heavy atom. The molecule has 0 amide bonds. The Bertz CT molecular complexity index is 352. The first-order valence-electron chi connectivity index (χ1n) is 5.37. The number of halogens is 3. The standard InChI is InChI=1S/C12H16F3NS/c1-9-4-3-5-11(6-9)17-10(2)7-16-8-12(13,14)15/h3-6,10,16H,7-8H2,1-2H3. The molecule has 0 aliphatic heterocycles. The first-order valence-corrected chi connectivity index (χ1v) is 6.25. The molecule has 1 nitrogen and oxygen atoms in total. The van der Waals surface area contributed by atoms with Gasteiger partial charge in [-0.3, -0.25) is 0 Å². The van der Waals surface area contributed by atoms with E-state index in [1.807, 2.05) is 38.1 Å². The van der Waals surface area contributed by atoms with Crippen LogP contribution in [-0.2, 0) is 0 Å². The largest absolute Gasteiger partial charge is 0.401 e.